The van der Waals surface area contributed by atoms with Gasteiger partial charge >= 0.3 is 0 Å². The molecule has 0 aliphatic carbocycles. The molecule has 1 heterocycles. The van der Waals surface area contributed by atoms with Gasteiger partial charge in [0.05, 0.1) is 12.2 Å². The lowest BCUT2D eigenvalue weighted by Gasteiger charge is -2.15. The van der Waals surface area contributed by atoms with Crippen LogP contribution in [0, 0.1) is 5.92 Å². The number of anilines is 1. The number of hydrogen-bond acceptors (Lipinski definition) is 2. The molecule has 0 aromatic carbocycles. The fourth-order valence-electron chi connectivity index (χ4n) is 1.48. The van der Waals surface area contributed by atoms with Gasteiger partial charge in [0, 0.05) is 0 Å². The minimum Gasteiger partial charge on any atom is -0.383 e. The highest BCUT2D eigenvalue weighted by Crippen LogP contribution is 2.24. The summed E-state index contributed by atoms with van der Waals surface area (Å²) in [5, 5.41) is 4.67. The molecule has 0 aliphatic rings. The van der Waals surface area contributed by atoms with Crippen molar-refractivity contribution in [2.45, 2.75) is 33.2 Å². The van der Waals surface area contributed by atoms with E-state index in [-0.39, 0.29) is 0 Å². The molecule has 0 saturated carbocycles. The van der Waals surface area contributed by atoms with E-state index in [0.717, 1.165) is 6.42 Å². The summed E-state index contributed by atoms with van der Waals surface area (Å²) in [6.07, 6.45) is 2.65. The Hall–Kier alpha value is -0.700. The fourth-order valence-corrected chi connectivity index (χ4v) is 1.61. The Morgan fingerprint density at radius 3 is 2.54 bits per heavy atom. The van der Waals surface area contributed by atoms with Gasteiger partial charge in [-0.15, -0.1) is 0 Å². The summed E-state index contributed by atoms with van der Waals surface area (Å²) >= 11 is 5.80. The van der Waals surface area contributed by atoms with E-state index in [0.29, 0.717) is 22.8 Å². The molecule has 0 bridgehead atoms. The summed E-state index contributed by atoms with van der Waals surface area (Å²) in [7, 11) is 0. The van der Waals surface area contributed by atoms with Crippen LogP contribution in [-0.4, -0.2) is 9.78 Å². The molecule has 1 unspecified atom stereocenters. The first-order valence-electron chi connectivity index (χ1n) is 4.50. The summed E-state index contributed by atoms with van der Waals surface area (Å²) in [6.45, 7) is 6.45. The van der Waals surface area contributed by atoms with Crippen LogP contribution in [0.15, 0.2) is 6.20 Å². The van der Waals surface area contributed by atoms with Crippen LogP contribution in [0.5, 0.6) is 0 Å². The van der Waals surface area contributed by atoms with Gasteiger partial charge in [0.25, 0.3) is 0 Å². The third-order valence-corrected chi connectivity index (χ3v) is 2.31. The Kier molecular flexibility index (Phi) is 3.20. The van der Waals surface area contributed by atoms with E-state index in [9.17, 15) is 0 Å². The predicted molar refractivity (Wildman–Crippen MR) is 55.8 cm³/mol. The van der Waals surface area contributed by atoms with E-state index in [2.05, 4.69) is 25.9 Å². The molecule has 0 amide bonds. The number of hydrogen-bond donors (Lipinski definition) is 1. The molecular weight excluding hydrogens is 186 g/mol. The SMILES string of the molecule is CC(C)CC(C)n1ncc(Cl)c1N. The van der Waals surface area contributed by atoms with E-state index in [1.807, 2.05) is 0 Å². The van der Waals surface area contributed by atoms with Crippen LogP contribution in [0.4, 0.5) is 5.82 Å². The third-order valence-electron chi connectivity index (χ3n) is 2.02. The zero-order valence-electron chi connectivity index (χ0n) is 8.29. The van der Waals surface area contributed by atoms with Crippen molar-refractivity contribution in [3.8, 4) is 0 Å². The molecule has 1 aromatic heterocycles. The molecule has 1 rings (SSSR count). The molecule has 0 fully saturated rings. The van der Waals surface area contributed by atoms with Crippen LogP contribution in [0.25, 0.3) is 0 Å². The molecule has 74 valence electrons. The molecule has 0 aliphatic heterocycles. The van der Waals surface area contributed by atoms with E-state index in [4.69, 9.17) is 17.3 Å². The van der Waals surface area contributed by atoms with Gasteiger partial charge in [-0.3, -0.25) is 0 Å². The second-order valence-corrected chi connectivity index (χ2v) is 4.21. The average molecular weight is 202 g/mol. The van der Waals surface area contributed by atoms with Crippen LogP contribution in [0.3, 0.4) is 0 Å². The minimum atomic E-state index is 0.312. The molecule has 0 spiro atoms. The van der Waals surface area contributed by atoms with Gasteiger partial charge in [-0.1, -0.05) is 25.4 Å². The van der Waals surface area contributed by atoms with Crippen molar-refractivity contribution in [3.63, 3.8) is 0 Å². The van der Waals surface area contributed by atoms with Gasteiger partial charge in [0.15, 0.2) is 0 Å². The second-order valence-electron chi connectivity index (χ2n) is 3.80. The highest BCUT2D eigenvalue weighted by Gasteiger charge is 2.12. The highest BCUT2D eigenvalue weighted by molar-refractivity contribution is 6.32. The van der Waals surface area contributed by atoms with Crippen LogP contribution in [0.1, 0.15) is 33.2 Å². The Morgan fingerprint density at radius 1 is 1.54 bits per heavy atom. The van der Waals surface area contributed by atoms with Crippen molar-refractivity contribution in [2.75, 3.05) is 5.73 Å². The lowest BCUT2D eigenvalue weighted by atomic mass is 10.1. The maximum Gasteiger partial charge on any atom is 0.140 e. The predicted octanol–water partition coefficient (Wildman–Crippen LogP) is 2.73. The zero-order valence-corrected chi connectivity index (χ0v) is 9.04. The molecule has 1 aromatic rings. The first kappa shape index (κ1) is 10.4. The molecule has 3 nitrogen and oxygen atoms in total. The summed E-state index contributed by atoms with van der Waals surface area (Å²) in [6, 6.07) is 0.312. The van der Waals surface area contributed by atoms with Crippen LogP contribution in [0.2, 0.25) is 5.02 Å². The van der Waals surface area contributed by atoms with Crippen LogP contribution >= 0.6 is 11.6 Å². The van der Waals surface area contributed by atoms with Crippen molar-refractivity contribution >= 4 is 17.4 Å². The van der Waals surface area contributed by atoms with Crippen molar-refractivity contribution < 1.29 is 0 Å². The van der Waals surface area contributed by atoms with Crippen molar-refractivity contribution in [3.05, 3.63) is 11.2 Å². The van der Waals surface area contributed by atoms with Gasteiger partial charge < -0.3 is 5.73 Å². The number of rotatable bonds is 3. The molecule has 0 saturated heterocycles. The molecule has 0 radical (unpaired) electrons. The van der Waals surface area contributed by atoms with Gasteiger partial charge in [-0.2, -0.15) is 5.10 Å². The van der Waals surface area contributed by atoms with E-state index in [1.54, 1.807) is 10.9 Å². The zero-order chi connectivity index (χ0) is 10.0. The van der Waals surface area contributed by atoms with Crippen LogP contribution < -0.4 is 5.73 Å². The Bertz CT molecular complexity index is 280. The lowest BCUT2D eigenvalue weighted by Crippen LogP contribution is -2.12. The number of nitrogens with two attached hydrogens (primary N) is 1. The molecule has 13 heavy (non-hydrogen) atoms. The van der Waals surface area contributed by atoms with Gasteiger partial charge in [0.1, 0.15) is 10.8 Å². The molecule has 2 N–H and O–H groups in total. The van der Waals surface area contributed by atoms with E-state index in [1.165, 1.54) is 0 Å². The minimum absolute atomic E-state index is 0.312. The first-order valence-corrected chi connectivity index (χ1v) is 4.88. The number of halogens is 1. The van der Waals surface area contributed by atoms with Gasteiger partial charge in [-0.25, -0.2) is 4.68 Å². The van der Waals surface area contributed by atoms with Gasteiger partial charge in [-0.05, 0) is 19.3 Å². The summed E-state index contributed by atoms with van der Waals surface area (Å²) in [4.78, 5) is 0. The highest BCUT2D eigenvalue weighted by atomic mass is 35.5. The summed E-state index contributed by atoms with van der Waals surface area (Å²) in [5.41, 5.74) is 5.75. The molecular formula is C9H16ClN3. The van der Waals surface area contributed by atoms with Crippen LogP contribution in [-0.2, 0) is 0 Å². The smallest absolute Gasteiger partial charge is 0.140 e. The van der Waals surface area contributed by atoms with E-state index >= 15 is 0 Å². The molecule has 4 heteroatoms. The van der Waals surface area contributed by atoms with Crippen molar-refractivity contribution in [1.29, 1.82) is 0 Å². The maximum atomic E-state index is 5.80. The Labute approximate surface area is 83.9 Å². The normalized spacial score (nSPS) is 13.6. The third kappa shape index (κ3) is 2.37. The van der Waals surface area contributed by atoms with E-state index < -0.39 is 0 Å². The monoisotopic (exact) mass is 201 g/mol. The Morgan fingerprint density at radius 2 is 2.15 bits per heavy atom. The summed E-state index contributed by atoms with van der Waals surface area (Å²) in [5.74, 6) is 1.20. The standard InChI is InChI=1S/C9H16ClN3/c1-6(2)4-7(3)13-9(11)8(10)5-12-13/h5-7H,4,11H2,1-3H3. The van der Waals surface area contributed by atoms with Crippen molar-refractivity contribution in [2.24, 2.45) is 5.92 Å². The average Bonchev–Trinajstić information content (AvgIpc) is 2.31. The molecule has 1 atom stereocenters. The number of nitrogen functional groups attached to an aromatic ring is 1. The second kappa shape index (κ2) is 4.01. The first-order chi connectivity index (χ1) is 6.02. The fraction of sp³-hybridized carbons (Fsp3) is 0.667. The lowest BCUT2D eigenvalue weighted by molar-refractivity contribution is 0.402. The van der Waals surface area contributed by atoms with Gasteiger partial charge in [0.2, 0.25) is 0 Å². The number of aromatic nitrogens is 2. The quantitative estimate of drug-likeness (QED) is 0.818. The summed E-state index contributed by atoms with van der Waals surface area (Å²) < 4.78 is 1.78. The number of nitrogens with zero attached hydrogens (tertiary/aromatic N) is 2. The maximum absolute atomic E-state index is 5.80. The van der Waals surface area contributed by atoms with Crippen molar-refractivity contribution in [1.82, 2.24) is 9.78 Å². The largest absolute Gasteiger partial charge is 0.383 e. The topological polar surface area (TPSA) is 43.8 Å². The Balaban J connectivity index is 2.76.